The quantitative estimate of drug-likeness (QED) is 0.822. The van der Waals surface area contributed by atoms with E-state index in [1.54, 1.807) is 31.2 Å². The Hall–Kier alpha value is -2.40. The van der Waals surface area contributed by atoms with Crippen LogP contribution in [0.25, 0.3) is 0 Å². The minimum absolute atomic E-state index is 0.271. The van der Waals surface area contributed by atoms with Gasteiger partial charge in [-0.1, -0.05) is 67.0 Å². The highest BCUT2D eigenvalue weighted by atomic mass is 35.5. The number of nitrogens with zero attached hydrogens (tertiary/aromatic N) is 1. The lowest BCUT2D eigenvalue weighted by atomic mass is 9.84. The third-order valence-corrected chi connectivity index (χ3v) is 5.15. The second-order valence-electron chi connectivity index (χ2n) is 7.56. The molecule has 1 amide bonds. The number of carbonyl (C=O) groups excluding carboxylic acids is 1. The molecule has 0 saturated heterocycles. The maximum Gasteiger partial charge on any atom is 0.267 e. The summed E-state index contributed by atoms with van der Waals surface area (Å²) in [4.78, 5) is 18.2. The highest BCUT2D eigenvalue weighted by Gasteiger charge is 2.43. The summed E-state index contributed by atoms with van der Waals surface area (Å²) >= 11 is 6.21. The van der Waals surface area contributed by atoms with Crippen LogP contribution in [0.5, 0.6) is 0 Å². The Bertz CT molecular complexity index is 897. The molecule has 1 aliphatic rings. The molecule has 0 aromatic heterocycles. The molecule has 2 aromatic carbocycles. The first-order valence-electron chi connectivity index (χ1n) is 8.76. The van der Waals surface area contributed by atoms with E-state index in [0.29, 0.717) is 22.7 Å². The number of hydrogen-bond acceptors (Lipinski definition) is 3. The molecule has 1 heterocycles. The molecular weight excluding hydrogens is 367 g/mol. The van der Waals surface area contributed by atoms with Gasteiger partial charge in [0.1, 0.15) is 5.82 Å². The Labute approximate surface area is 163 Å². The van der Waals surface area contributed by atoms with Crippen LogP contribution >= 0.6 is 11.6 Å². The van der Waals surface area contributed by atoms with Crippen molar-refractivity contribution >= 4 is 23.2 Å². The molecule has 142 valence electrons. The number of amides is 1. The van der Waals surface area contributed by atoms with Crippen LogP contribution in [0.15, 0.2) is 53.7 Å². The average molecular weight is 389 g/mol. The predicted octanol–water partition coefficient (Wildman–Crippen LogP) is 4.46. The van der Waals surface area contributed by atoms with Crippen LogP contribution in [0.1, 0.15) is 38.3 Å². The summed E-state index contributed by atoms with van der Waals surface area (Å²) in [5.74, 6) is -0.581. The van der Waals surface area contributed by atoms with E-state index in [1.165, 1.54) is 6.07 Å². The topological polar surface area (TPSA) is 50.7 Å². The van der Waals surface area contributed by atoms with Gasteiger partial charge in [-0.15, -0.1) is 0 Å². The van der Waals surface area contributed by atoms with Crippen LogP contribution in [0, 0.1) is 5.82 Å². The van der Waals surface area contributed by atoms with Gasteiger partial charge in [0.25, 0.3) is 5.91 Å². The summed E-state index contributed by atoms with van der Waals surface area (Å²) < 4.78 is 14.1. The van der Waals surface area contributed by atoms with Gasteiger partial charge < -0.3 is 10.2 Å². The monoisotopic (exact) mass is 388 g/mol. The van der Waals surface area contributed by atoms with Crippen molar-refractivity contribution in [2.24, 2.45) is 5.16 Å². The molecule has 0 radical (unpaired) electrons. The van der Waals surface area contributed by atoms with Gasteiger partial charge >= 0.3 is 0 Å². The molecule has 2 aromatic rings. The van der Waals surface area contributed by atoms with Crippen LogP contribution in [-0.4, -0.2) is 23.8 Å². The van der Waals surface area contributed by atoms with Crippen molar-refractivity contribution in [1.29, 1.82) is 0 Å². The minimum Gasteiger partial charge on any atom is -0.379 e. The van der Waals surface area contributed by atoms with Crippen molar-refractivity contribution in [3.63, 3.8) is 0 Å². The summed E-state index contributed by atoms with van der Waals surface area (Å²) in [5, 5.41) is 7.51. The fraction of sp³-hybridized carbons (Fsp3) is 0.333. The summed E-state index contributed by atoms with van der Waals surface area (Å²) in [6.45, 7) is 5.73. The first-order chi connectivity index (χ1) is 12.7. The van der Waals surface area contributed by atoms with Gasteiger partial charge in [-0.05, 0) is 24.6 Å². The van der Waals surface area contributed by atoms with Crippen LogP contribution in [0.3, 0.4) is 0 Å². The van der Waals surface area contributed by atoms with E-state index >= 15 is 0 Å². The van der Waals surface area contributed by atoms with Crippen LogP contribution in [-0.2, 0) is 15.0 Å². The van der Waals surface area contributed by atoms with E-state index in [9.17, 15) is 9.18 Å². The lowest BCUT2D eigenvalue weighted by Gasteiger charge is -2.28. The van der Waals surface area contributed by atoms with E-state index in [4.69, 9.17) is 16.4 Å². The van der Waals surface area contributed by atoms with Gasteiger partial charge in [-0.3, -0.25) is 4.79 Å². The highest BCUT2D eigenvalue weighted by Crippen LogP contribution is 2.30. The zero-order valence-electron chi connectivity index (χ0n) is 15.6. The van der Waals surface area contributed by atoms with Crippen molar-refractivity contribution in [3.8, 4) is 0 Å². The van der Waals surface area contributed by atoms with Crippen LogP contribution in [0.4, 0.5) is 4.39 Å². The fourth-order valence-corrected chi connectivity index (χ4v) is 3.34. The standard InChI is InChI=1S/C21H22ClFN2O2/c1-20(2,15-9-5-7-11-17(15)23)13-24-19(26)21(3)12-18(25-27-21)14-8-4-6-10-16(14)22/h4-11H,12-13H2,1-3H3,(H,24,26)/t21-/m1/s1. The highest BCUT2D eigenvalue weighted by molar-refractivity contribution is 6.34. The van der Waals surface area contributed by atoms with Gasteiger partial charge in [0.05, 0.1) is 5.71 Å². The first kappa shape index (κ1) is 19.4. The van der Waals surface area contributed by atoms with Crippen molar-refractivity contribution in [2.45, 2.75) is 38.2 Å². The molecule has 1 aliphatic heterocycles. The van der Waals surface area contributed by atoms with Crippen molar-refractivity contribution in [3.05, 3.63) is 70.5 Å². The second kappa shape index (κ2) is 7.31. The number of benzene rings is 2. The lowest BCUT2D eigenvalue weighted by Crippen LogP contribution is -2.48. The Morgan fingerprint density at radius 1 is 1.26 bits per heavy atom. The van der Waals surface area contributed by atoms with Gasteiger partial charge in [-0.25, -0.2) is 4.39 Å². The molecule has 1 atom stereocenters. The average Bonchev–Trinajstić information content (AvgIpc) is 3.04. The number of halogens is 2. The van der Waals surface area contributed by atoms with Gasteiger partial charge in [0.2, 0.25) is 5.60 Å². The predicted molar refractivity (Wildman–Crippen MR) is 105 cm³/mol. The SMILES string of the molecule is CC(C)(CNC(=O)[C@@]1(C)CC(c2ccccc2Cl)=NO1)c1ccccc1F. The molecule has 0 unspecified atom stereocenters. The van der Waals surface area contributed by atoms with Crippen molar-refractivity contribution in [2.75, 3.05) is 6.54 Å². The maximum atomic E-state index is 14.1. The number of nitrogens with one attached hydrogen (secondary N) is 1. The Morgan fingerprint density at radius 2 is 1.93 bits per heavy atom. The Morgan fingerprint density at radius 3 is 2.63 bits per heavy atom. The van der Waals surface area contributed by atoms with Gasteiger partial charge in [0.15, 0.2) is 0 Å². The van der Waals surface area contributed by atoms with Crippen LogP contribution in [0.2, 0.25) is 5.02 Å². The number of hydrogen-bond donors (Lipinski definition) is 1. The molecule has 4 nitrogen and oxygen atoms in total. The molecule has 0 fully saturated rings. The van der Waals surface area contributed by atoms with E-state index in [0.717, 1.165) is 5.56 Å². The van der Waals surface area contributed by atoms with Crippen LogP contribution < -0.4 is 5.32 Å². The molecule has 0 saturated carbocycles. The smallest absolute Gasteiger partial charge is 0.267 e. The third-order valence-electron chi connectivity index (χ3n) is 4.82. The molecule has 0 bridgehead atoms. The second-order valence-corrected chi connectivity index (χ2v) is 7.97. The fourth-order valence-electron chi connectivity index (χ4n) is 3.09. The molecular formula is C21H22ClFN2O2. The number of oxime groups is 1. The summed E-state index contributed by atoms with van der Waals surface area (Å²) in [6, 6.07) is 13.9. The molecule has 6 heteroatoms. The summed E-state index contributed by atoms with van der Waals surface area (Å²) in [6.07, 6.45) is 0.308. The lowest BCUT2D eigenvalue weighted by molar-refractivity contribution is -0.141. The minimum atomic E-state index is -1.13. The maximum absolute atomic E-state index is 14.1. The van der Waals surface area contributed by atoms with Crippen molar-refractivity contribution in [1.82, 2.24) is 5.32 Å². The van der Waals surface area contributed by atoms with E-state index in [1.807, 2.05) is 32.0 Å². The normalized spacial score (nSPS) is 19.4. The Balaban J connectivity index is 1.67. The molecule has 0 aliphatic carbocycles. The van der Waals surface area contributed by atoms with Gasteiger partial charge in [0, 0.05) is 29.0 Å². The molecule has 3 rings (SSSR count). The molecule has 27 heavy (non-hydrogen) atoms. The number of carbonyl (C=O) groups is 1. The first-order valence-corrected chi connectivity index (χ1v) is 9.14. The van der Waals surface area contributed by atoms with E-state index in [-0.39, 0.29) is 18.3 Å². The zero-order valence-corrected chi connectivity index (χ0v) is 16.3. The van der Waals surface area contributed by atoms with E-state index < -0.39 is 11.0 Å². The number of rotatable bonds is 5. The molecule has 1 N–H and O–H groups in total. The molecule has 0 spiro atoms. The summed E-state index contributed by atoms with van der Waals surface area (Å²) in [5.41, 5.74) is 0.243. The third kappa shape index (κ3) is 3.98. The summed E-state index contributed by atoms with van der Waals surface area (Å²) in [7, 11) is 0. The Kier molecular flexibility index (Phi) is 5.24. The zero-order chi connectivity index (χ0) is 19.7. The largest absolute Gasteiger partial charge is 0.379 e. The van der Waals surface area contributed by atoms with Crippen molar-refractivity contribution < 1.29 is 14.0 Å². The van der Waals surface area contributed by atoms with Gasteiger partial charge in [-0.2, -0.15) is 0 Å². The van der Waals surface area contributed by atoms with E-state index in [2.05, 4.69) is 10.5 Å².